The minimum Gasteiger partial charge on any atom is -0.526 e. The maximum Gasteiger partial charge on any atom is 3.00 e. The molecule has 1 aliphatic rings. The van der Waals surface area contributed by atoms with Crippen LogP contribution >= 0.6 is 0 Å². The van der Waals surface area contributed by atoms with Crippen molar-refractivity contribution in [1.82, 2.24) is 15.0 Å². The minimum absolute atomic E-state index is 0. The average molecular weight is 2180 g/mol. The molecule has 0 amide bonds. The summed E-state index contributed by atoms with van der Waals surface area (Å²) in [5, 5.41) is 6.97. The molecule has 0 aliphatic carbocycles. The van der Waals surface area contributed by atoms with Crippen LogP contribution in [0.4, 0.5) is 51.2 Å². The first-order chi connectivity index (χ1) is 60.8. The van der Waals surface area contributed by atoms with Gasteiger partial charge >= 0.3 is 60.3 Å². The van der Waals surface area contributed by atoms with Crippen LogP contribution in [-0.4, -0.2) is 36.1 Å². The van der Waals surface area contributed by atoms with Crippen molar-refractivity contribution in [2.75, 3.05) is 51.4 Å². The largest absolute Gasteiger partial charge is 3.00 e. The van der Waals surface area contributed by atoms with Crippen LogP contribution in [0.1, 0.15) is 22.3 Å². The molecule has 628 valence electrons. The van der Waals surface area contributed by atoms with E-state index in [2.05, 4.69) is 340 Å². The number of nitrogens with zero attached hydrogens (tertiary/aromatic N) is 7. The minimum atomic E-state index is 0. The van der Waals surface area contributed by atoms with Gasteiger partial charge in [0.1, 0.15) is 0 Å². The van der Waals surface area contributed by atoms with Gasteiger partial charge in [-0.05, 0) is 168 Å². The normalized spacial score (nSPS) is 10.6. The van der Waals surface area contributed by atoms with E-state index in [1.54, 1.807) is 18.6 Å². The molecule has 0 spiro atoms. The molecule has 0 saturated carbocycles. The Bertz CT molecular complexity index is 6050. The Morgan fingerprint density at radius 3 is 1.07 bits per heavy atom. The van der Waals surface area contributed by atoms with Gasteiger partial charge in [0.05, 0.1) is 11.4 Å². The second-order valence-electron chi connectivity index (χ2n) is 29.8. The van der Waals surface area contributed by atoms with E-state index in [1.807, 2.05) is 206 Å². The third kappa shape index (κ3) is 25.4. The third-order valence-corrected chi connectivity index (χ3v) is 20.9. The summed E-state index contributed by atoms with van der Waals surface area (Å²) in [5.74, 6) is 0. The van der Waals surface area contributed by atoms with Gasteiger partial charge in [0, 0.05) is 41.3 Å². The Balaban J connectivity index is 0.000000153. The molecule has 0 bridgehead atoms. The molecule has 18 aromatic rings. The molecule has 9 nitrogen and oxygen atoms in total. The van der Waals surface area contributed by atoms with Crippen molar-refractivity contribution >= 4 is 51.2 Å². The molecular formula is C115H96Ir3N9. The number of rotatable bonds is 16. The van der Waals surface area contributed by atoms with Crippen molar-refractivity contribution in [3.05, 3.63) is 492 Å². The number of hydrogen-bond donors (Lipinski definition) is 2. The third-order valence-electron chi connectivity index (χ3n) is 20.9. The topological polar surface area (TPSA) is 75.7 Å². The molecule has 0 saturated heterocycles. The molecule has 3 aromatic heterocycles. The summed E-state index contributed by atoms with van der Waals surface area (Å²) in [6.07, 6.45) is 5.36. The SMILES string of the molecule is Cc1c[c-]c(N2[CH-]N(C)c3ccccc32)c(C)c1-c1ccc(-c2ccccc2)cc1.[CH2-]N(C)c1ccccc1Nc1[c-]ccc(-c2c(C)cc(-c3ccccc3)cc2C)c1.[CH2-]N(C)c1ccccc1Nc1[c-]ccc(-c2ccc(-c3ccccc3)cc2)c1.[Ir+3].[Ir+3].[Ir+3].[c-]1ccccc1-c1ccccn1.[c-]1ccccc1-c1ccccn1.[c-]1ccccc1-c1ccccn1. The van der Waals surface area contributed by atoms with Crippen LogP contribution in [0.2, 0.25) is 0 Å². The summed E-state index contributed by atoms with van der Waals surface area (Å²) in [4.78, 5) is 20.8. The molecule has 0 fully saturated rings. The predicted molar refractivity (Wildman–Crippen MR) is 521 cm³/mol. The van der Waals surface area contributed by atoms with Gasteiger partial charge in [-0.3, -0.25) is 14.1 Å². The molecule has 0 radical (unpaired) electrons. The summed E-state index contributed by atoms with van der Waals surface area (Å²) < 4.78 is 0. The van der Waals surface area contributed by atoms with E-state index in [0.717, 1.165) is 79.1 Å². The van der Waals surface area contributed by atoms with Gasteiger partial charge in [0.15, 0.2) is 0 Å². The maximum atomic E-state index is 4.22. The Hall–Kier alpha value is -13.5. The fraction of sp³-hybridized carbons (Fsp3) is 0.0609. The van der Waals surface area contributed by atoms with E-state index in [1.165, 1.54) is 94.8 Å². The molecule has 0 atom stereocenters. The first-order valence-electron chi connectivity index (χ1n) is 41.2. The van der Waals surface area contributed by atoms with Gasteiger partial charge < -0.3 is 45.2 Å². The van der Waals surface area contributed by atoms with Crippen LogP contribution in [-0.2, 0) is 60.3 Å². The molecule has 12 heteroatoms. The summed E-state index contributed by atoms with van der Waals surface area (Å²) in [7, 11) is 14.0. The fourth-order valence-electron chi connectivity index (χ4n) is 14.8. The second-order valence-corrected chi connectivity index (χ2v) is 29.8. The molecular weight excluding hydrogens is 2080 g/mol. The Kier molecular flexibility index (Phi) is 35.3. The van der Waals surface area contributed by atoms with Crippen molar-refractivity contribution in [1.29, 1.82) is 0 Å². The van der Waals surface area contributed by atoms with E-state index in [9.17, 15) is 0 Å². The Labute approximate surface area is 791 Å². The van der Waals surface area contributed by atoms with Crippen molar-refractivity contribution in [3.8, 4) is 101 Å². The standard InChI is InChI=1S/C28H24N2.C28H26N2.C26H22N2.3C11H8N.3Ir/c1-20-13-18-25(30-19-29(3)26-11-7-8-12-27(26)30)21(2)28(20)24-16-14-23(15-17-24)22-9-5-4-6-10-22;1-20-17-24(22-11-6-5-7-12-22)18-21(2)28(20)23-13-10-14-25(19-23)29-26-15-8-9-16-27(26)30(3)4;1-28(2)26-14-7-6-13-25(26)27-24-12-8-11-23(19-24)22-17-15-21(16-18-22)20-9-4-3-5-10-20;3*1-2-6-10(7-3-1)11-8-4-5-9-12-11;;;/h4-17,19H,1-3H3;5-13,15-19,29H,3H2,1-2,4H3;3-11,13-19,27H,1H2,2H3;3*1-6,8-9H;;;/q3*-2;3*-1;3*+3. The van der Waals surface area contributed by atoms with Gasteiger partial charge in [-0.15, -0.1) is 148 Å². The number of anilines is 9. The number of para-hydroxylation sites is 6. The molecule has 19 rings (SSSR count). The maximum absolute atomic E-state index is 4.22. The van der Waals surface area contributed by atoms with Crippen LogP contribution in [0.3, 0.4) is 0 Å². The first kappa shape index (κ1) is 94.2. The molecule has 0 unspecified atom stereocenters. The quantitative estimate of drug-likeness (QED) is 0.0920. The van der Waals surface area contributed by atoms with Crippen molar-refractivity contribution in [2.24, 2.45) is 0 Å². The van der Waals surface area contributed by atoms with Crippen LogP contribution in [0.25, 0.3) is 101 Å². The Morgan fingerprint density at radius 2 is 0.661 bits per heavy atom. The van der Waals surface area contributed by atoms with Crippen molar-refractivity contribution < 1.29 is 60.3 Å². The smallest absolute Gasteiger partial charge is 0.526 e. The fourth-order valence-corrected chi connectivity index (χ4v) is 14.8. The summed E-state index contributed by atoms with van der Waals surface area (Å²) in [6, 6.07) is 153. The van der Waals surface area contributed by atoms with E-state index in [0.29, 0.717) is 0 Å². The monoisotopic (exact) mass is 2180 g/mol. The van der Waals surface area contributed by atoms with E-state index >= 15 is 0 Å². The molecule has 2 N–H and O–H groups in total. The van der Waals surface area contributed by atoms with Crippen molar-refractivity contribution in [3.63, 3.8) is 0 Å². The summed E-state index contributed by atoms with van der Waals surface area (Å²) in [5.41, 5.74) is 35.2. The zero-order chi connectivity index (χ0) is 85.8. The van der Waals surface area contributed by atoms with E-state index in [4.69, 9.17) is 0 Å². The van der Waals surface area contributed by atoms with Gasteiger partial charge in [-0.1, -0.05) is 250 Å². The molecule has 15 aromatic carbocycles. The van der Waals surface area contributed by atoms with Crippen LogP contribution < -0.4 is 30.2 Å². The first-order valence-corrected chi connectivity index (χ1v) is 41.2. The predicted octanol–water partition coefficient (Wildman–Crippen LogP) is 29.0. The van der Waals surface area contributed by atoms with E-state index in [-0.39, 0.29) is 60.3 Å². The van der Waals surface area contributed by atoms with Gasteiger partial charge in [0.25, 0.3) is 0 Å². The Morgan fingerprint density at radius 1 is 0.307 bits per heavy atom. The van der Waals surface area contributed by atoms with Crippen LogP contribution in [0.5, 0.6) is 0 Å². The number of hydrogen-bond acceptors (Lipinski definition) is 9. The van der Waals surface area contributed by atoms with Crippen LogP contribution in [0, 0.1) is 84.9 Å². The summed E-state index contributed by atoms with van der Waals surface area (Å²) >= 11 is 0. The van der Waals surface area contributed by atoms with Crippen molar-refractivity contribution in [2.45, 2.75) is 27.7 Å². The number of nitrogens with one attached hydrogen (secondary N) is 2. The average Bonchev–Trinajstić information content (AvgIpc) is 1.65. The zero-order valence-corrected chi connectivity index (χ0v) is 79.1. The van der Waals surface area contributed by atoms with Gasteiger partial charge in [0.2, 0.25) is 0 Å². The molecule has 127 heavy (non-hydrogen) atoms. The summed E-state index contributed by atoms with van der Waals surface area (Å²) in [6.45, 7) is 10.9. The number of pyridine rings is 3. The number of benzene rings is 15. The van der Waals surface area contributed by atoms with E-state index < -0.39 is 0 Å². The van der Waals surface area contributed by atoms with Gasteiger partial charge in [-0.2, -0.15) is 60.8 Å². The van der Waals surface area contributed by atoms with Crippen LogP contribution in [0.15, 0.2) is 413 Å². The molecule has 4 heterocycles. The second kappa shape index (κ2) is 47.6. The van der Waals surface area contributed by atoms with Gasteiger partial charge in [-0.25, -0.2) is 0 Å². The number of fused-ring (bicyclic) bond motifs is 1. The number of aryl methyl sites for hydroxylation is 3. The zero-order valence-electron chi connectivity index (χ0n) is 71.9. The molecule has 1 aliphatic heterocycles. The number of aromatic nitrogens is 3.